The van der Waals surface area contributed by atoms with Gasteiger partial charge >= 0.3 is 6.03 Å². The maximum atomic E-state index is 12.7. The SMILES string of the molecule is CCOc1cccc(NC(=O)N2CCN(S(=O)(=O)[C@@H]3CCS(=O)(=O)C3)CC2)c1. The molecule has 2 saturated heterocycles. The number of sulfonamides is 1. The number of urea groups is 1. The number of rotatable bonds is 5. The first-order chi connectivity index (χ1) is 13.2. The fourth-order valence-electron chi connectivity index (χ4n) is 3.39. The second-order valence-electron chi connectivity index (χ2n) is 6.85. The summed E-state index contributed by atoms with van der Waals surface area (Å²) < 4.78 is 55.2. The number of nitrogens with zero attached hydrogens (tertiary/aromatic N) is 2. The Labute approximate surface area is 165 Å². The normalized spacial score (nSPS) is 22.8. The van der Waals surface area contributed by atoms with Crippen molar-refractivity contribution >= 4 is 31.6 Å². The van der Waals surface area contributed by atoms with Crippen LogP contribution in [0, 0.1) is 0 Å². The topological polar surface area (TPSA) is 113 Å². The van der Waals surface area contributed by atoms with Gasteiger partial charge in [-0.1, -0.05) is 6.07 Å². The van der Waals surface area contributed by atoms with Gasteiger partial charge in [-0.05, 0) is 25.5 Å². The van der Waals surface area contributed by atoms with Gasteiger partial charge in [-0.2, -0.15) is 4.31 Å². The molecule has 1 atom stereocenters. The second kappa shape index (κ2) is 8.26. The number of ether oxygens (including phenoxy) is 1. The average molecular weight is 432 g/mol. The zero-order valence-corrected chi connectivity index (χ0v) is 17.3. The van der Waals surface area contributed by atoms with Gasteiger partial charge in [0.05, 0.1) is 23.4 Å². The van der Waals surface area contributed by atoms with Gasteiger partial charge in [0.25, 0.3) is 0 Å². The third-order valence-electron chi connectivity index (χ3n) is 4.89. The molecule has 156 valence electrons. The fourth-order valence-corrected chi connectivity index (χ4v) is 7.90. The predicted octanol–water partition coefficient (Wildman–Crippen LogP) is 0.752. The van der Waals surface area contributed by atoms with Crippen LogP contribution in [0.3, 0.4) is 0 Å². The highest BCUT2D eigenvalue weighted by molar-refractivity contribution is 7.95. The molecule has 3 rings (SSSR count). The Morgan fingerprint density at radius 3 is 2.57 bits per heavy atom. The van der Waals surface area contributed by atoms with E-state index < -0.39 is 25.1 Å². The van der Waals surface area contributed by atoms with E-state index >= 15 is 0 Å². The molecule has 0 radical (unpaired) electrons. The Balaban J connectivity index is 1.56. The summed E-state index contributed by atoms with van der Waals surface area (Å²) in [6.07, 6.45) is 0.140. The van der Waals surface area contributed by atoms with Crippen LogP contribution in [0.25, 0.3) is 0 Å². The number of carbonyl (C=O) groups is 1. The van der Waals surface area contributed by atoms with Crippen molar-refractivity contribution < 1.29 is 26.4 Å². The Morgan fingerprint density at radius 2 is 1.96 bits per heavy atom. The molecule has 1 N–H and O–H groups in total. The van der Waals surface area contributed by atoms with E-state index in [4.69, 9.17) is 4.74 Å². The Bertz CT molecular complexity index is 924. The summed E-state index contributed by atoms with van der Waals surface area (Å²) in [4.78, 5) is 14.0. The molecule has 0 saturated carbocycles. The summed E-state index contributed by atoms with van der Waals surface area (Å²) in [6, 6.07) is 6.74. The van der Waals surface area contributed by atoms with Gasteiger partial charge in [0.15, 0.2) is 9.84 Å². The standard InChI is InChI=1S/C17H25N3O6S2/c1-2-26-15-5-3-4-14(12-15)18-17(21)19-7-9-20(10-8-19)28(24,25)16-6-11-27(22,23)13-16/h3-5,12,16H,2,6-11,13H2,1H3,(H,18,21)/t16-/m1/s1. The molecule has 11 heteroatoms. The van der Waals surface area contributed by atoms with Crippen LogP contribution >= 0.6 is 0 Å². The van der Waals surface area contributed by atoms with Gasteiger partial charge in [0.2, 0.25) is 10.0 Å². The van der Waals surface area contributed by atoms with Gasteiger partial charge in [0.1, 0.15) is 5.75 Å². The fraction of sp³-hybridized carbons (Fsp3) is 0.588. The van der Waals surface area contributed by atoms with Crippen molar-refractivity contribution in [3.05, 3.63) is 24.3 Å². The highest BCUT2D eigenvalue weighted by Crippen LogP contribution is 2.23. The van der Waals surface area contributed by atoms with Crippen LogP contribution in [0.2, 0.25) is 0 Å². The second-order valence-corrected chi connectivity index (χ2v) is 11.3. The first-order valence-corrected chi connectivity index (χ1v) is 12.5. The summed E-state index contributed by atoms with van der Waals surface area (Å²) >= 11 is 0. The van der Waals surface area contributed by atoms with Crippen molar-refractivity contribution in [2.24, 2.45) is 0 Å². The van der Waals surface area contributed by atoms with Crippen molar-refractivity contribution in [3.63, 3.8) is 0 Å². The molecular weight excluding hydrogens is 406 g/mol. The molecule has 9 nitrogen and oxygen atoms in total. The molecule has 2 aliphatic rings. The van der Waals surface area contributed by atoms with Crippen LogP contribution in [0.1, 0.15) is 13.3 Å². The minimum atomic E-state index is -3.67. The number of amides is 2. The molecule has 0 aromatic heterocycles. The molecule has 0 unspecified atom stereocenters. The third kappa shape index (κ3) is 4.76. The Kier molecular flexibility index (Phi) is 6.15. The van der Waals surface area contributed by atoms with Gasteiger partial charge in [-0.3, -0.25) is 0 Å². The molecule has 28 heavy (non-hydrogen) atoms. The van der Waals surface area contributed by atoms with Crippen molar-refractivity contribution in [1.82, 2.24) is 9.21 Å². The van der Waals surface area contributed by atoms with Crippen LogP contribution in [0.4, 0.5) is 10.5 Å². The summed E-state index contributed by atoms with van der Waals surface area (Å²) in [6.45, 7) is 3.21. The molecule has 2 aliphatic heterocycles. The predicted molar refractivity (Wildman–Crippen MR) is 106 cm³/mol. The molecule has 2 heterocycles. The van der Waals surface area contributed by atoms with Crippen LogP contribution in [0.5, 0.6) is 5.75 Å². The first kappa shape index (κ1) is 20.9. The third-order valence-corrected chi connectivity index (χ3v) is 9.20. The minimum Gasteiger partial charge on any atom is -0.494 e. The molecule has 1 aromatic carbocycles. The average Bonchev–Trinajstić information content (AvgIpc) is 3.03. The Hall–Kier alpha value is -1.85. The minimum absolute atomic E-state index is 0.0833. The largest absolute Gasteiger partial charge is 0.494 e. The van der Waals surface area contributed by atoms with E-state index in [0.717, 1.165) is 0 Å². The molecule has 2 amide bonds. The van der Waals surface area contributed by atoms with E-state index in [1.54, 1.807) is 29.2 Å². The van der Waals surface area contributed by atoms with E-state index in [1.807, 2.05) is 6.92 Å². The summed E-state index contributed by atoms with van der Waals surface area (Å²) in [7, 11) is -6.95. The zero-order valence-electron chi connectivity index (χ0n) is 15.7. The van der Waals surface area contributed by atoms with Gasteiger partial charge in [-0.15, -0.1) is 0 Å². The van der Waals surface area contributed by atoms with Crippen LogP contribution in [-0.2, 0) is 19.9 Å². The van der Waals surface area contributed by atoms with Crippen molar-refractivity contribution in [1.29, 1.82) is 0 Å². The first-order valence-electron chi connectivity index (χ1n) is 9.19. The number of hydrogen-bond donors (Lipinski definition) is 1. The lowest BCUT2D eigenvalue weighted by Gasteiger charge is -2.35. The highest BCUT2D eigenvalue weighted by Gasteiger charge is 2.41. The number of hydrogen-bond acceptors (Lipinski definition) is 6. The lowest BCUT2D eigenvalue weighted by atomic mass is 10.3. The van der Waals surface area contributed by atoms with Crippen LogP contribution in [0.15, 0.2) is 24.3 Å². The number of sulfone groups is 1. The summed E-state index contributed by atoms with van der Waals surface area (Å²) in [5.41, 5.74) is 0.599. The summed E-state index contributed by atoms with van der Waals surface area (Å²) in [5.74, 6) is 0.259. The smallest absolute Gasteiger partial charge is 0.321 e. The van der Waals surface area contributed by atoms with Gasteiger partial charge in [0, 0.05) is 37.9 Å². The van der Waals surface area contributed by atoms with E-state index in [1.165, 1.54) is 4.31 Å². The van der Waals surface area contributed by atoms with Crippen molar-refractivity contribution in [3.8, 4) is 5.75 Å². The van der Waals surface area contributed by atoms with Crippen molar-refractivity contribution in [2.45, 2.75) is 18.6 Å². The quantitative estimate of drug-likeness (QED) is 0.736. The number of benzene rings is 1. The Morgan fingerprint density at radius 1 is 1.25 bits per heavy atom. The number of carbonyl (C=O) groups excluding carboxylic acids is 1. The lowest BCUT2D eigenvalue weighted by Crippen LogP contribution is -2.53. The molecule has 0 bridgehead atoms. The van der Waals surface area contributed by atoms with Crippen LogP contribution in [-0.4, -0.2) is 81.6 Å². The maximum absolute atomic E-state index is 12.7. The number of piperazine rings is 1. The van der Waals surface area contributed by atoms with E-state index in [-0.39, 0.29) is 50.1 Å². The van der Waals surface area contributed by atoms with Gasteiger partial charge < -0.3 is 15.0 Å². The molecule has 0 aliphatic carbocycles. The number of anilines is 1. The molecule has 2 fully saturated rings. The molecule has 1 aromatic rings. The zero-order chi connectivity index (χ0) is 20.4. The van der Waals surface area contributed by atoms with E-state index in [2.05, 4.69) is 5.32 Å². The lowest BCUT2D eigenvalue weighted by molar-refractivity contribution is 0.184. The summed E-state index contributed by atoms with van der Waals surface area (Å²) in [5, 5.41) is 1.91. The molecule has 0 spiro atoms. The van der Waals surface area contributed by atoms with Crippen LogP contribution < -0.4 is 10.1 Å². The molecular formula is C17H25N3O6S2. The van der Waals surface area contributed by atoms with Crippen molar-refractivity contribution in [2.75, 3.05) is 49.6 Å². The van der Waals surface area contributed by atoms with Gasteiger partial charge in [-0.25, -0.2) is 21.6 Å². The van der Waals surface area contributed by atoms with E-state index in [9.17, 15) is 21.6 Å². The maximum Gasteiger partial charge on any atom is 0.321 e. The van der Waals surface area contributed by atoms with E-state index in [0.29, 0.717) is 18.0 Å². The highest BCUT2D eigenvalue weighted by atomic mass is 32.2. The number of nitrogens with one attached hydrogen (secondary N) is 1. The monoisotopic (exact) mass is 431 g/mol.